The molecule has 0 spiro atoms. The van der Waals surface area contributed by atoms with Gasteiger partial charge in [0.1, 0.15) is 5.76 Å². The molecule has 0 heterocycles. The summed E-state index contributed by atoms with van der Waals surface area (Å²) in [6.07, 6.45) is 12.2. The lowest BCUT2D eigenvalue weighted by molar-refractivity contribution is 0.302. The SMILES string of the molecule is COC1=CC2CC=C(C(C)C)C=C2C=C1. The predicted molar refractivity (Wildman–Crippen MR) is 63.3 cm³/mol. The molecule has 1 heteroatoms. The van der Waals surface area contributed by atoms with E-state index in [9.17, 15) is 0 Å². The smallest absolute Gasteiger partial charge is 0.115 e. The van der Waals surface area contributed by atoms with Gasteiger partial charge in [-0.05, 0) is 35.6 Å². The third-order valence-electron chi connectivity index (χ3n) is 3.08. The largest absolute Gasteiger partial charge is 0.497 e. The highest BCUT2D eigenvalue weighted by Gasteiger charge is 2.18. The maximum Gasteiger partial charge on any atom is 0.115 e. The highest BCUT2D eigenvalue weighted by atomic mass is 16.5. The number of fused-ring (bicyclic) bond motifs is 1. The summed E-state index contributed by atoms with van der Waals surface area (Å²) in [6.45, 7) is 4.48. The van der Waals surface area contributed by atoms with E-state index < -0.39 is 0 Å². The Balaban J connectivity index is 2.21. The second-order valence-corrected chi connectivity index (χ2v) is 4.45. The van der Waals surface area contributed by atoms with Gasteiger partial charge in [0.15, 0.2) is 0 Å². The van der Waals surface area contributed by atoms with Crippen molar-refractivity contribution in [3.8, 4) is 0 Å². The number of rotatable bonds is 2. The number of methoxy groups -OCH3 is 1. The van der Waals surface area contributed by atoms with Crippen LogP contribution in [0.5, 0.6) is 0 Å². The quantitative estimate of drug-likeness (QED) is 0.664. The fourth-order valence-corrected chi connectivity index (χ4v) is 2.06. The van der Waals surface area contributed by atoms with Crippen molar-refractivity contribution in [2.24, 2.45) is 11.8 Å². The van der Waals surface area contributed by atoms with Gasteiger partial charge < -0.3 is 4.74 Å². The Bertz CT molecular complexity index is 367. The van der Waals surface area contributed by atoms with Gasteiger partial charge in [-0.1, -0.05) is 32.1 Å². The minimum absolute atomic E-state index is 0.521. The van der Waals surface area contributed by atoms with Crippen molar-refractivity contribution in [1.82, 2.24) is 0 Å². The van der Waals surface area contributed by atoms with E-state index in [4.69, 9.17) is 4.74 Å². The molecule has 2 aliphatic carbocycles. The van der Waals surface area contributed by atoms with Crippen molar-refractivity contribution in [1.29, 1.82) is 0 Å². The molecule has 0 aromatic heterocycles. The highest BCUT2D eigenvalue weighted by molar-refractivity contribution is 5.43. The summed E-state index contributed by atoms with van der Waals surface area (Å²) in [6, 6.07) is 0. The lowest BCUT2D eigenvalue weighted by atomic mass is 9.83. The minimum atomic E-state index is 0.521. The highest BCUT2D eigenvalue weighted by Crippen LogP contribution is 2.32. The van der Waals surface area contributed by atoms with E-state index in [1.54, 1.807) is 7.11 Å². The first-order chi connectivity index (χ1) is 7.20. The van der Waals surface area contributed by atoms with E-state index in [0.29, 0.717) is 11.8 Å². The molecule has 80 valence electrons. The van der Waals surface area contributed by atoms with Crippen LogP contribution in [0.1, 0.15) is 20.3 Å². The van der Waals surface area contributed by atoms with Gasteiger partial charge in [0, 0.05) is 5.92 Å². The van der Waals surface area contributed by atoms with Crippen LogP contribution in [0.25, 0.3) is 0 Å². The predicted octanol–water partition coefficient (Wildman–Crippen LogP) is 3.62. The minimum Gasteiger partial charge on any atom is -0.497 e. The molecule has 0 aromatic carbocycles. The van der Waals surface area contributed by atoms with E-state index in [2.05, 4.69) is 38.2 Å². The van der Waals surface area contributed by atoms with Crippen molar-refractivity contribution >= 4 is 0 Å². The Morgan fingerprint density at radius 3 is 2.80 bits per heavy atom. The lowest BCUT2D eigenvalue weighted by Gasteiger charge is -2.24. The first kappa shape index (κ1) is 10.3. The summed E-state index contributed by atoms with van der Waals surface area (Å²) in [5, 5.41) is 0. The second-order valence-electron chi connectivity index (χ2n) is 4.45. The zero-order valence-corrected chi connectivity index (χ0v) is 9.66. The van der Waals surface area contributed by atoms with Gasteiger partial charge in [0.25, 0.3) is 0 Å². The molecule has 0 saturated heterocycles. The average molecular weight is 202 g/mol. The molecular formula is C14H18O. The standard InChI is InChI=1S/C14H18O/c1-10(2)11-4-5-13-9-14(15-3)7-6-12(13)8-11/h4,6-10,13H,5H2,1-3H3. The van der Waals surface area contributed by atoms with Crippen molar-refractivity contribution in [3.63, 3.8) is 0 Å². The molecule has 1 unspecified atom stereocenters. The summed E-state index contributed by atoms with van der Waals surface area (Å²) in [7, 11) is 1.73. The molecule has 0 bridgehead atoms. The topological polar surface area (TPSA) is 9.23 Å². The number of hydrogen-bond acceptors (Lipinski definition) is 1. The van der Waals surface area contributed by atoms with Crippen LogP contribution >= 0.6 is 0 Å². The fraction of sp³-hybridized carbons (Fsp3) is 0.429. The molecule has 1 atom stereocenters. The van der Waals surface area contributed by atoms with Crippen LogP contribution in [0.3, 0.4) is 0 Å². The summed E-state index contributed by atoms with van der Waals surface area (Å²) in [5.41, 5.74) is 2.88. The zero-order chi connectivity index (χ0) is 10.8. The van der Waals surface area contributed by atoms with E-state index in [1.165, 1.54) is 11.1 Å². The summed E-state index contributed by atoms with van der Waals surface area (Å²) >= 11 is 0. The lowest BCUT2D eigenvalue weighted by Crippen LogP contribution is -2.10. The monoisotopic (exact) mass is 202 g/mol. The molecule has 0 aromatic rings. The van der Waals surface area contributed by atoms with Gasteiger partial charge in [-0.3, -0.25) is 0 Å². The van der Waals surface area contributed by atoms with Crippen LogP contribution in [-0.4, -0.2) is 7.11 Å². The number of allylic oxidation sites excluding steroid dienone is 7. The van der Waals surface area contributed by atoms with Crippen molar-refractivity contribution < 1.29 is 4.74 Å². The first-order valence-electron chi connectivity index (χ1n) is 5.56. The first-order valence-corrected chi connectivity index (χ1v) is 5.56. The summed E-state index contributed by atoms with van der Waals surface area (Å²) in [5.74, 6) is 2.13. The van der Waals surface area contributed by atoms with Crippen LogP contribution in [-0.2, 0) is 4.74 Å². The number of hydrogen-bond donors (Lipinski definition) is 0. The molecule has 0 N–H and O–H groups in total. The van der Waals surface area contributed by atoms with Crippen LogP contribution in [0.4, 0.5) is 0 Å². The molecule has 0 saturated carbocycles. The van der Waals surface area contributed by atoms with Crippen LogP contribution < -0.4 is 0 Å². The van der Waals surface area contributed by atoms with Crippen LogP contribution in [0.2, 0.25) is 0 Å². The van der Waals surface area contributed by atoms with E-state index in [0.717, 1.165) is 12.2 Å². The van der Waals surface area contributed by atoms with Crippen LogP contribution in [0.15, 0.2) is 47.3 Å². The van der Waals surface area contributed by atoms with E-state index >= 15 is 0 Å². The zero-order valence-electron chi connectivity index (χ0n) is 9.66. The Hall–Kier alpha value is -1.24. The maximum atomic E-state index is 5.24. The van der Waals surface area contributed by atoms with Crippen molar-refractivity contribution in [3.05, 3.63) is 47.3 Å². The molecule has 15 heavy (non-hydrogen) atoms. The average Bonchev–Trinajstić information content (AvgIpc) is 2.27. The normalized spacial score (nSPS) is 24.3. The Morgan fingerprint density at radius 1 is 1.33 bits per heavy atom. The molecule has 0 fully saturated rings. The third kappa shape index (κ3) is 2.06. The van der Waals surface area contributed by atoms with Crippen molar-refractivity contribution in [2.45, 2.75) is 20.3 Å². The van der Waals surface area contributed by atoms with Gasteiger partial charge in [-0.25, -0.2) is 0 Å². The Morgan fingerprint density at radius 2 is 2.13 bits per heavy atom. The van der Waals surface area contributed by atoms with Gasteiger partial charge in [0.2, 0.25) is 0 Å². The molecule has 1 nitrogen and oxygen atoms in total. The van der Waals surface area contributed by atoms with Crippen LogP contribution in [0, 0.1) is 11.8 Å². The van der Waals surface area contributed by atoms with Crippen molar-refractivity contribution in [2.75, 3.05) is 7.11 Å². The molecule has 2 aliphatic rings. The second kappa shape index (κ2) is 4.09. The molecular weight excluding hydrogens is 184 g/mol. The van der Waals surface area contributed by atoms with Gasteiger partial charge in [-0.2, -0.15) is 0 Å². The van der Waals surface area contributed by atoms with E-state index in [-0.39, 0.29) is 0 Å². The number of ether oxygens (including phenoxy) is 1. The Labute approximate surface area is 91.8 Å². The maximum absolute atomic E-state index is 5.24. The summed E-state index contributed by atoms with van der Waals surface area (Å²) < 4.78 is 5.24. The summed E-state index contributed by atoms with van der Waals surface area (Å²) in [4.78, 5) is 0. The molecule has 0 radical (unpaired) electrons. The fourth-order valence-electron chi connectivity index (χ4n) is 2.06. The third-order valence-corrected chi connectivity index (χ3v) is 3.08. The van der Waals surface area contributed by atoms with E-state index in [1.807, 2.05) is 6.08 Å². The van der Waals surface area contributed by atoms with Gasteiger partial charge in [0.05, 0.1) is 7.11 Å². The van der Waals surface area contributed by atoms with Gasteiger partial charge in [-0.15, -0.1) is 0 Å². The molecule has 0 amide bonds. The molecule has 0 aliphatic heterocycles. The van der Waals surface area contributed by atoms with Gasteiger partial charge >= 0.3 is 0 Å². The Kier molecular flexibility index (Phi) is 2.81. The molecule has 2 rings (SSSR count).